The van der Waals surface area contributed by atoms with Gasteiger partial charge in [0.05, 0.1) is 13.2 Å². The molecule has 0 bridgehead atoms. The number of thiophene rings is 1. The lowest BCUT2D eigenvalue weighted by Gasteiger charge is -2.11. The highest BCUT2D eigenvalue weighted by molar-refractivity contribution is 7.15. The van der Waals surface area contributed by atoms with Crippen molar-refractivity contribution in [2.45, 2.75) is 26.8 Å². The second-order valence-corrected chi connectivity index (χ2v) is 7.52. The number of pyridine rings is 1. The summed E-state index contributed by atoms with van der Waals surface area (Å²) in [5, 5.41) is 4.95. The maximum absolute atomic E-state index is 12.7. The Morgan fingerprint density at radius 1 is 1.10 bits per heavy atom. The minimum Gasteiger partial charge on any atom is -0.488 e. The number of carbonyl (C=O) groups excluding carboxylic acids is 2. The third kappa shape index (κ3) is 5.40. The summed E-state index contributed by atoms with van der Waals surface area (Å²) in [4.78, 5) is 37.8. The quantitative estimate of drug-likeness (QED) is 0.505. The highest BCUT2D eigenvalue weighted by atomic mass is 32.1. The van der Waals surface area contributed by atoms with Crippen molar-refractivity contribution in [2.24, 2.45) is 0 Å². The number of benzene rings is 1. The van der Waals surface area contributed by atoms with Gasteiger partial charge < -0.3 is 19.4 Å². The number of hydrogen-bond acceptors (Lipinski definition) is 6. The Labute approximate surface area is 184 Å². The van der Waals surface area contributed by atoms with E-state index in [1.54, 1.807) is 19.1 Å². The molecule has 2 aromatic heterocycles. The minimum atomic E-state index is -0.509. The first-order valence-corrected chi connectivity index (χ1v) is 10.9. The molecule has 3 rings (SSSR count). The summed E-state index contributed by atoms with van der Waals surface area (Å²) in [6.07, 6.45) is 2.30. The third-order valence-corrected chi connectivity index (χ3v) is 5.26. The fraction of sp³-hybridized carbons (Fsp3) is 0.261. The van der Waals surface area contributed by atoms with Crippen molar-refractivity contribution in [1.29, 1.82) is 0 Å². The van der Waals surface area contributed by atoms with Gasteiger partial charge in [0.1, 0.15) is 17.1 Å². The van der Waals surface area contributed by atoms with Crippen LogP contribution in [0.1, 0.15) is 30.6 Å². The molecular formula is C23H24N2O5S. The molecule has 0 spiro atoms. The molecule has 1 N–H and O–H groups in total. The van der Waals surface area contributed by atoms with Crippen LogP contribution in [0, 0.1) is 0 Å². The molecule has 0 aliphatic rings. The molecule has 162 valence electrons. The van der Waals surface area contributed by atoms with E-state index in [-0.39, 0.29) is 24.5 Å². The molecule has 0 radical (unpaired) electrons. The van der Waals surface area contributed by atoms with Crippen LogP contribution in [0.15, 0.2) is 58.8 Å². The normalized spacial score (nSPS) is 10.5. The standard InChI is InChI=1S/C23H24N2O5S/c1-3-13-30-18-11-8-12-25(22(18)27)14-19(26)24-21-20(23(28)29-4-2)17(15-31-21)16-9-6-5-7-10-16/h5-12,15H,3-4,13-14H2,1-2H3,(H,24,26). The summed E-state index contributed by atoms with van der Waals surface area (Å²) in [6, 6.07) is 12.6. The maximum Gasteiger partial charge on any atom is 0.341 e. The van der Waals surface area contributed by atoms with Crippen LogP contribution in [-0.2, 0) is 16.1 Å². The van der Waals surface area contributed by atoms with E-state index < -0.39 is 11.9 Å². The van der Waals surface area contributed by atoms with Crippen molar-refractivity contribution < 1.29 is 19.1 Å². The van der Waals surface area contributed by atoms with Gasteiger partial charge >= 0.3 is 5.97 Å². The third-order valence-electron chi connectivity index (χ3n) is 4.37. The summed E-state index contributed by atoms with van der Waals surface area (Å²) in [6.45, 7) is 4.11. The first kappa shape index (κ1) is 22.3. The van der Waals surface area contributed by atoms with Crippen molar-refractivity contribution in [1.82, 2.24) is 4.57 Å². The molecule has 0 saturated heterocycles. The zero-order valence-electron chi connectivity index (χ0n) is 17.4. The Morgan fingerprint density at radius 3 is 2.58 bits per heavy atom. The molecule has 31 heavy (non-hydrogen) atoms. The van der Waals surface area contributed by atoms with E-state index in [2.05, 4.69) is 5.32 Å². The summed E-state index contributed by atoms with van der Waals surface area (Å²) in [5.74, 6) is -0.737. The van der Waals surface area contributed by atoms with Gasteiger partial charge in [0.25, 0.3) is 5.56 Å². The first-order chi connectivity index (χ1) is 15.0. The second kappa shape index (κ2) is 10.6. The van der Waals surface area contributed by atoms with Gasteiger partial charge in [-0.3, -0.25) is 9.59 Å². The Morgan fingerprint density at radius 2 is 1.87 bits per heavy atom. The monoisotopic (exact) mass is 440 g/mol. The first-order valence-electron chi connectivity index (χ1n) is 10.0. The van der Waals surface area contributed by atoms with Crippen LogP contribution in [0.4, 0.5) is 5.00 Å². The number of amides is 1. The minimum absolute atomic E-state index is 0.201. The highest BCUT2D eigenvalue weighted by Gasteiger charge is 2.23. The van der Waals surface area contributed by atoms with E-state index in [1.165, 1.54) is 22.1 Å². The fourth-order valence-corrected chi connectivity index (χ4v) is 3.94. The van der Waals surface area contributed by atoms with Crippen LogP contribution in [0.2, 0.25) is 0 Å². The number of esters is 1. The highest BCUT2D eigenvalue weighted by Crippen LogP contribution is 2.36. The molecule has 0 atom stereocenters. The summed E-state index contributed by atoms with van der Waals surface area (Å²) >= 11 is 1.24. The SMILES string of the molecule is CCCOc1cccn(CC(=O)Nc2scc(-c3ccccc3)c2C(=O)OCC)c1=O. The van der Waals surface area contributed by atoms with Crippen molar-refractivity contribution in [3.8, 4) is 16.9 Å². The largest absolute Gasteiger partial charge is 0.488 e. The number of anilines is 1. The van der Waals surface area contributed by atoms with Gasteiger partial charge in [-0.1, -0.05) is 37.3 Å². The topological polar surface area (TPSA) is 86.6 Å². The molecule has 2 heterocycles. The van der Waals surface area contributed by atoms with Crippen molar-refractivity contribution in [3.63, 3.8) is 0 Å². The molecule has 0 saturated carbocycles. The second-order valence-electron chi connectivity index (χ2n) is 6.64. The van der Waals surface area contributed by atoms with E-state index in [0.29, 0.717) is 22.7 Å². The van der Waals surface area contributed by atoms with E-state index in [9.17, 15) is 14.4 Å². The predicted octanol–water partition coefficient (Wildman–Crippen LogP) is 4.18. The van der Waals surface area contributed by atoms with Gasteiger partial charge in [-0.05, 0) is 31.0 Å². The van der Waals surface area contributed by atoms with E-state index in [1.807, 2.05) is 42.6 Å². The Kier molecular flexibility index (Phi) is 7.61. The number of rotatable bonds is 9. The average molecular weight is 441 g/mol. The number of nitrogens with one attached hydrogen (secondary N) is 1. The maximum atomic E-state index is 12.7. The number of carbonyl (C=O) groups is 2. The average Bonchev–Trinajstić information content (AvgIpc) is 3.18. The Bertz CT molecular complexity index is 1100. The van der Waals surface area contributed by atoms with Crippen molar-refractivity contribution in [3.05, 3.63) is 70.0 Å². The zero-order valence-corrected chi connectivity index (χ0v) is 18.2. The zero-order chi connectivity index (χ0) is 22.2. The number of nitrogens with zero attached hydrogens (tertiary/aromatic N) is 1. The molecule has 1 aromatic carbocycles. The van der Waals surface area contributed by atoms with Gasteiger partial charge in [-0.2, -0.15) is 0 Å². The molecule has 1 amide bonds. The van der Waals surface area contributed by atoms with E-state index in [0.717, 1.165) is 12.0 Å². The van der Waals surface area contributed by atoms with E-state index >= 15 is 0 Å². The van der Waals surface area contributed by atoms with Crippen LogP contribution >= 0.6 is 11.3 Å². The Hall–Kier alpha value is -3.39. The lowest BCUT2D eigenvalue weighted by atomic mass is 10.0. The molecule has 7 nitrogen and oxygen atoms in total. The molecule has 0 fully saturated rings. The summed E-state index contributed by atoms with van der Waals surface area (Å²) in [5.41, 5.74) is 1.46. The molecule has 3 aromatic rings. The molecule has 0 aliphatic heterocycles. The van der Waals surface area contributed by atoms with Crippen molar-refractivity contribution >= 4 is 28.2 Å². The van der Waals surface area contributed by atoms with Crippen LogP contribution < -0.4 is 15.6 Å². The van der Waals surface area contributed by atoms with Crippen LogP contribution in [0.3, 0.4) is 0 Å². The van der Waals surface area contributed by atoms with Crippen molar-refractivity contribution in [2.75, 3.05) is 18.5 Å². The van der Waals surface area contributed by atoms with Crippen LogP contribution in [0.25, 0.3) is 11.1 Å². The van der Waals surface area contributed by atoms with Gasteiger partial charge in [-0.25, -0.2) is 4.79 Å². The van der Waals surface area contributed by atoms with Gasteiger partial charge in [0, 0.05) is 17.1 Å². The van der Waals surface area contributed by atoms with E-state index in [4.69, 9.17) is 9.47 Å². The van der Waals surface area contributed by atoms with Crippen LogP contribution in [0.5, 0.6) is 5.75 Å². The lowest BCUT2D eigenvalue weighted by Crippen LogP contribution is -2.28. The lowest BCUT2D eigenvalue weighted by molar-refractivity contribution is -0.116. The predicted molar refractivity (Wildman–Crippen MR) is 121 cm³/mol. The Balaban J connectivity index is 1.84. The van der Waals surface area contributed by atoms with Gasteiger partial charge in [0.2, 0.25) is 5.91 Å². The summed E-state index contributed by atoms with van der Waals surface area (Å²) in [7, 11) is 0. The molecule has 0 unspecified atom stereocenters. The summed E-state index contributed by atoms with van der Waals surface area (Å²) < 4.78 is 11.9. The molecule has 8 heteroatoms. The number of hydrogen-bond donors (Lipinski definition) is 1. The smallest absolute Gasteiger partial charge is 0.341 e. The van der Waals surface area contributed by atoms with Gasteiger partial charge in [-0.15, -0.1) is 11.3 Å². The fourth-order valence-electron chi connectivity index (χ4n) is 2.97. The van der Waals surface area contributed by atoms with Crippen LogP contribution in [-0.4, -0.2) is 29.7 Å². The number of ether oxygens (including phenoxy) is 2. The molecular weight excluding hydrogens is 416 g/mol. The van der Waals surface area contributed by atoms with Gasteiger partial charge in [0.15, 0.2) is 5.75 Å². The number of aromatic nitrogens is 1. The molecule has 0 aliphatic carbocycles.